The number of likely N-dealkylation sites (N-methyl/N-ethyl adjacent to an activating group) is 1. The van der Waals surface area contributed by atoms with Crippen molar-refractivity contribution in [3.63, 3.8) is 0 Å². The second-order valence-electron chi connectivity index (χ2n) is 7.86. The van der Waals surface area contributed by atoms with Gasteiger partial charge in [-0.25, -0.2) is 4.79 Å². The van der Waals surface area contributed by atoms with Crippen LogP contribution in [0.1, 0.15) is 12.0 Å². The SMILES string of the molecule is Cc1ccc(NC(=O)N2CCC3(C2)CN(c2ccccc2)C(=O)CN3C)cc1. The Morgan fingerprint density at radius 3 is 2.46 bits per heavy atom. The quantitative estimate of drug-likeness (QED) is 0.874. The van der Waals surface area contributed by atoms with E-state index in [1.165, 1.54) is 0 Å². The Kier molecular flexibility index (Phi) is 4.81. The molecule has 2 aromatic carbocycles. The van der Waals surface area contributed by atoms with Gasteiger partial charge in [0.25, 0.3) is 0 Å². The van der Waals surface area contributed by atoms with Crippen LogP contribution in [0.4, 0.5) is 16.2 Å². The molecule has 1 N–H and O–H groups in total. The van der Waals surface area contributed by atoms with Crippen molar-refractivity contribution in [3.05, 3.63) is 60.2 Å². The van der Waals surface area contributed by atoms with E-state index in [0.29, 0.717) is 26.2 Å². The maximum atomic E-state index is 12.8. The van der Waals surface area contributed by atoms with Gasteiger partial charge in [-0.3, -0.25) is 9.69 Å². The summed E-state index contributed by atoms with van der Waals surface area (Å²) in [6.07, 6.45) is 0.849. The molecule has 0 radical (unpaired) electrons. The van der Waals surface area contributed by atoms with Gasteiger partial charge in [-0.15, -0.1) is 0 Å². The van der Waals surface area contributed by atoms with Gasteiger partial charge in [0.2, 0.25) is 5.91 Å². The molecule has 6 nitrogen and oxygen atoms in total. The van der Waals surface area contributed by atoms with Gasteiger partial charge in [-0.05, 0) is 44.7 Å². The number of benzene rings is 2. The number of carbonyl (C=O) groups excluding carboxylic acids is 2. The summed E-state index contributed by atoms with van der Waals surface area (Å²) in [5.74, 6) is 0.0990. The molecule has 146 valence electrons. The molecule has 28 heavy (non-hydrogen) atoms. The fraction of sp³-hybridized carbons (Fsp3) is 0.364. The lowest BCUT2D eigenvalue weighted by Gasteiger charge is -2.46. The summed E-state index contributed by atoms with van der Waals surface area (Å²) in [4.78, 5) is 31.2. The van der Waals surface area contributed by atoms with Crippen LogP contribution in [-0.2, 0) is 4.79 Å². The molecule has 3 amide bonds. The first-order chi connectivity index (χ1) is 13.5. The number of hydrogen-bond acceptors (Lipinski definition) is 3. The Morgan fingerprint density at radius 2 is 1.75 bits per heavy atom. The third-order valence-electron chi connectivity index (χ3n) is 5.93. The molecule has 2 aliphatic rings. The van der Waals surface area contributed by atoms with Crippen molar-refractivity contribution in [1.29, 1.82) is 0 Å². The number of rotatable bonds is 2. The first-order valence-corrected chi connectivity index (χ1v) is 9.66. The molecule has 2 saturated heterocycles. The molecule has 4 rings (SSSR count). The summed E-state index contributed by atoms with van der Waals surface area (Å²) in [5.41, 5.74) is 2.67. The van der Waals surface area contributed by atoms with Gasteiger partial charge in [0.05, 0.1) is 12.1 Å². The molecule has 2 aliphatic heterocycles. The zero-order valence-corrected chi connectivity index (χ0v) is 16.4. The highest BCUT2D eigenvalue weighted by molar-refractivity contribution is 5.96. The van der Waals surface area contributed by atoms with Gasteiger partial charge in [0.1, 0.15) is 0 Å². The minimum atomic E-state index is -0.214. The minimum Gasteiger partial charge on any atom is -0.323 e. The summed E-state index contributed by atoms with van der Waals surface area (Å²) < 4.78 is 0. The highest BCUT2D eigenvalue weighted by Crippen LogP contribution is 2.33. The molecule has 6 heteroatoms. The third kappa shape index (κ3) is 3.47. The number of urea groups is 1. The van der Waals surface area contributed by atoms with E-state index in [0.717, 1.165) is 23.4 Å². The van der Waals surface area contributed by atoms with Crippen molar-refractivity contribution < 1.29 is 9.59 Å². The van der Waals surface area contributed by atoms with Gasteiger partial charge in [-0.1, -0.05) is 35.9 Å². The highest BCUT2D eigenvalue weighted by Gasteiger charge is 2.48. The van der Waals surface area contributed by atoms with E-state index in [1.54, 1.807) is 0 Å². The predicted octanol–water partition coefficient (Wildman–Crippen LogP) is 2.95. The third-order valence-corrected chi connectivity index (χ3v) is 5.93. The summed E-state index contributed by atoms with van der Waals surface area (Å²) >= 11 is 0. The first-order valence-electron chi connectivity index (χ1n) is 9.66. The zero-order chi connectivity index (χ0) is 19.7. The van der Waals surface area contributed by atoms with E-state index >= 15 is 0 Å². The van der Waals surface area contributed by atoms with E-state index < -0.39 is 0 Å². The number of para-hydroxylation sites is 1. The molecule has 0 aromatic heterocycles. The van der Waals surface area contributed by atoms with E-state index in [-0.39, 0.29) is 17.5 Å². The van der Waals surface area contributed by atoms with Crippen molar-refractivity contribution in [2.24, 2.45) is 0 Å². The number of amides is 3. The standard InChI is InChI=1S/C22H26N4O2/c1-17-8-10-18(11-9-17)23-21(28)25-13-12-22(15-25)16-26(20(27)14-24(22)2)19-6-4-3-5-7-19/h3-11H,12-16H2,1-2H3,(H,23,28). The average Bonchev–Trinajstić information content (AvgIpc) is 3.13. The minimum absolute atomic E-state index is 0.0858. The number of nitrogens with zero attached hydrogens (tertiary/aromatic N) is 3. The number of carbonyl (C=O) groups is 2. The van der Waals surface area contributed by atoms with Crippen molar-refractivity contribution in [1.82, 2.24) is 9.80 Å². The molecular formula is C22H26N4O2. The smallest absolute Gasteiger partial charge is 0.321 e. The highest BCUT2D eigenvalue weighted by atomic mass is 16.2. The molecule has 1 spiro atoms. The van der Waals surface area contributed by atoms with E-state index in [4.69, 9.17) is 0 Å². The lowest BCUT2D eigenvalue weighted by Crippen LogP contribution is -2.64. The van der Waals surface area contributed by atoms with Crippen LogP contribution in [0.2, 0.25) is 0 Å². The van der Waals surface area contributed by atoms with Crippen molar-refractivity contribution in [3.8, 4) is 0 Å². The van der Waals surface area contributed by atoms with Crippen molar-refractivity contribution >= 4 is 23.3 Å². The Balaban J connectivity index is 1.48. The van der Waals surface area contributed by atoms with Gasteiger partial charge < -0.3 is 15.1 Å². The van der Waals surface area contributed by atoms with E-state index in [2.05, 4.69) is 10.2 Å². The molecule has 1 unspecified atom stereocenters. The second kappa shape index (κ2) is 7.28. The number of piperazine rings is 1. The largest absolute Gasteiger partial charge is 0.323 e. The van der Waals surface area contributed by atoms with Crippen molar-refractivity contribution in [2.75, 3.05) is 43.4 Å². The van der Waals surface area contributed by atoms with E-state index in [9.17, 15) is 9.59 Å². The van der Waals surface area contributed by atoms with Gasteiger partial charge >= 0.3 is 6.03 Å². The van der Waals surface area contributed by atoms with Gasteiger partial charge in [0, 0.05) is 31.0 Å². The van der Waals surface area contributed by atoms with Gasteiger partial charge in [0.15, 0.2) is 0 Å². The number of nitrogens with one attached hydrogen (secondary N) is 1. The first kappa shape index (κ1) is 18.5. The van der Waals surface area contributed by atoms with Crippen LogP contribution in [0.15, 0.2) is 54.6 Å². The topological polar surface area (TPSA) is 55.9 Å². The molecule has 2 aromatic rings. The fourth-order valence-electron chi connectivity index (χ4n) is 4.11. The lowest BCUT2D eigenvalue weighted by atomic mass is 9.92. The average molecular weight is 378 g/mol. The maximum Gasteiger partial charge on any atom is 0.321 e. The predicted molar refractivity (Wildman–Crippen MR) is 111 cm³/mol. The summed E-state index contributed by atoms with van der Waals surface area (Å²) in [6.45, 7) is 4.27. The van der Waals surface area contributed by atoms with Crippen LogP contribution in [0.5, 0.6) is 0 Å². The Bertz CT molecular complexity index is 868. The summed E-state index contributed by atoms with van der Waals surface area (Å²) in [5, 5.41) is 2.99. The number of anilines is 2. The molecule has 2 fully saturated rings. The normalized spacial score (nSPS) is 22.7. The van der Waals surface area contributed by atoms with Crippen LogP contribution >= 0.6 is 0 Å². The van der Waals surface area contributed by atoms with E-state index in [1.807, 2.05) is 78.4 Å². The summed E-state index contributed by atoms with van der Waals surface area (Å²) in [6, 6.07) is 17.5. The number of likely N-dealkylation sites (tertiary alicyclic amines) is 1. The maximum absolute atomic E-state index is 12.8. The van der Waals surface area contributed by atoms with Crippen LogP contribution in [0.25, 0.3) is 0 Å². The van der Waals surface area contributed by atoms with Gasteiger partial charge in [-0.2, -0.15) is 0 Å². The number of aryl methyl sites for hydroxylation is 1. The molecule has 0 saturated carbocycles. The van der Waals surface area contributed by atoms with Crippen molar-refractivity contribution in [2.45, 2.75) is 18.9 Å². The monoisotopic (exact) mass is 378 g/mol. The molecule has 1 atom stereocenters. The van der Waals surface area contributed by atoms with Crippen LogP contribution in [0.3, 0.4) is 0 Å². The van der Waals surface area contributed by atoms with Crippen LogP contribution in [-0.4, -0.2) is 60.5 Å². The molecular weight excluding hydrogens is 352 g/mol. The molecule has 0 aliphatic carbocycles. The zero-order valence-electron chi connectivity index (χ0n) is 16.4. The summed E-state index contributed by atoms with van der Waals surface area (Å²) in [7, 11) is 1.99. The Hall–Kier alpha value is -2.86. The second-order valence-corrected chi connectivity index (χ2v) is 7.86. The lowest BCUT2D eigenvalue weighted by molar-refractivity contribution is -0.123. The number of hydrogen-bond donors (Lipinski definition) is 1. The molecule has 0 bridgehead atoms. The molecule has 2 heterocycles. The fourth-order valence-corrected chi connectivity index (χ4v) is 4.11. The van der Waals surface area contributed by atoms with Crippen LogP contribution in [0, 0.1) is 6.92 Å². The Labute approximate surface area is 165 Å². The van der Waals surface area contributed by atoms with Crippen LogP contribution < -0.4 is 10.2 Å². The Morgan fingerprint density at radius 1 is 1.04 bits per heavy atom.